The van der Waals surface area contributed by atoms with Gasteiger partial charge in [0, 0.05) is 11.3 Å². The Kier molecular flexibility index (Phi) is 3.58. The molecule has 0 aliphatic carbocycles. The first kappa shape index (κ1) is 12.9. The Morgan fingerprint density at radius 3 is 2.08 bits per heavy atom. The molecule has 1 amide bonds. The maximum atomic E-state index is 11.2. The minimum Gasteiger partial charge on any atom is -0.859 e. The van der Waals surface area contributed by atoms with Crippen LogP contribution in [0, 0.1) is 5.41 Å². The summed E-state index contributed by atoms with van der Waals surface area (Å²) in [6, 6.07) is 0. The van der Waals surface area contributed by atoms with E-state index in [0.29, 0.717) is 0 Å². The van der Waals surface area contributed by atoms with Crippen LogP contribution in [0.25, 0.3) is 0 Å². The van der Waals surface area contributed by atoms with Crippen molar-refractivity contribution >= 4 is 12.0 Å². The van der Waals surface area contributed by atoms with E-state index >= 15 is 0 Å². The Hall–Kier alpha value is -0.0600. The van der Waals surface area contributed by atoms with Crippen molar-refractivity contribution in [1.82, 2.24) is 0 Å². The maximum Gasteiger partial charge on any atom is 1.00 e. The second-order valence-electron chi connectivity index (χ2n) is 4.07. The Morgan fingerprint density at radius 2 is 1.92 bits per heavy atom. The molecule has 0 N–H and O–H groups in total. The number of hydrogen-bond acceptors (Lipinski definition) is 3. The van der Waals surface area contributed by atoms with Crippen LogP contribution in [-0.2, 0) is 4.74 Å². The third-order valence-corrected chi connectivity index (χ3v) is 2.32. The van der Waals surface area contributed by atoms with Gasteiger partial charge in [0.05, 0.1) is 0 Å². The van der Waals surface area contributed by atoms with Crippen LogP contribution >= 0.6 is 0 Å². The molecule has 1 rings (SSSR count). The van der Waals surface area contributed by atoms with Crippen molar-refractivity contribution in [3.63, 3.8) is 0 Å². The third kappa shape index (κ3) is 2.06. The predicted molar refractivity (Wildman–Crippen MR) is 41.8 cm³/mol. The zero-order chi connectivity index (χ0) is 9.57. The van der Waals surface area contributed by atoms with Crippen molar-refractivity contribution in [1.29, 1.82) is 0 Å². The topological polar surface area (TPSA) is 61.7 Å². The van der Waals surface area contributed by atoms with Gasteiger partial charge in [-0.3, -0.25) is 0 Å². The first-order valence-electron chi connectivity index (χ1n) is 3.76. The summed E-state index contributed by atoms with van der Waals surface area (Å²) in [5.41, 5.74) is -1.51. The third-order valence-electron chi connectivity index (χ3n) is 2.32. The Morgan fingerprint density at radius 1 is 1.46 bits per heavy atom. The molecule has 0 spiro atoms. The Labute approximate surface area is 99.7 Å². The molecule has 1 atom stereocenters. The molecule has 1 aliphatic heterocycles. The van der Waals surface area contributed by atoms with E-state index < -0.39 is 23.0 Å². The van der Waals surface area contributed by atoms with E-state index in [9.17, 15) is 9.90 Å². The van der Waals surface area contributed by atoms with Crippen LogP contribution in [0.4, 0.5) is 4.79 Å². The average Bonchev–Trinajstić information content (AvgIpc) is 2.06. The van der Waals surface area contributed by atoms with Gasteiger partial charge < -0.3 is 9.84 Å². The smallest absolute Gasteiger partial charge is 0.859 e. The Balaban J connectivity index is 0.00000144. The van der Waals surface area contributed by atoms with Crippen LogP contribution in [0.2, 0.25) is 0 Å². The first-order chi connectivity index (χ1) is 5.27. The van der Waals surface area contributed by atoms with Gasteiger partial charge in [-0.25, -0.2) is 4.79 Å². The van der Waals surface area contributed by atoms with Gasteiger partial charge in [0.15, 0.2) is 0 Å². The molecule has 68 valence electrons. The van der Waals surface area contributed by atoms with Crippen molar-refractivity contribution in [2.45, 2.75) is 33.3 Å². The molecular formula is C8H12NNaO3. The zero-order valence-electron chi connectivity index (χ0n) is 8.67. The quantitative estimate of drug-likeness (QED) is 0.407. The van der Waals surface area contributed by atoms with Crippen LogP contribution in [0.5, 0.6) is 0 Å². The van der Waals surface area contributed by atoms with Crippen molar-refractivity contribution < 1.29 is 44.2 Å². The number of cyclic esters (lactones) is 1. The van der Waals surface area contributed by atoms with Crippen molar-refractivity contribution in [3.05, 3.63) is 0 Å². The van der Waals surface area contributed by atoms with E-state index in [0.717, 1.165) is 0 Å². The molecule has 13 heavy (non-hydrogen) atoms. The summed E-state index contributed by atoms with van der Waals surface area (Å²) in [6.45, 7) is 7.08. The van der Waals surface area contributed by atoms with Gasteiger partial charge in [-0.15, -0.1) is 0 Å². The summed E-state index contributed by atoms with van der Waals surface area (Å²) in [7, 11) is 0. The van der Waals surface area contributed by atoms with Gasteiger partial charge in [-0.2, -0.15) is 4.99 Å². The predicted octanol–water partition coefficient (Wildman–Crippen LogP) is -2.30. The van der Waals surface area contributed by atoms with Gasteiger partial charge >= 0.3 is 35.7 Å². The molecule has 1 aliphatic rings. The summed E-state index contributed by atoms with van der Waals surface area (Å²) in [4.78, 5) is 13.9. The fourth-order valence-electron chi connectivity index (χ4n) is 0.905. The molecule has 0 aromatic heterocycles. The molecule has 0 saturated carbocycles. The van der Waals surface area contributed by atoms with E-state index in [-0.39, 0.29) is 29.6 Å². The van der Waals surface area contributed by atoms with E-state index in [1.807, 2.05) is 20.8 Å². The van der Waals surface area contributed by atoms with Gasteiger partial charge in [0.25, 0.3) is 0 Å². The molecule has 4 nitrogen and oxygen atoms in total. The van der Waals surface area contributed by atoms with Gasteiger partial charge in [-0.1, -0.05) is 20.8 Å². The van der Waals surface area contributed by atoms with Gasteiger partial charge in [0.1, 0.15) is 5.60 Å². The second kappa shape index (κ2) is 3.59. The SMILES string of the molecule is CC(C)(C)C1(C)OC(=O)N=C1[O-].[Na+]. The first-order valence-corrected chi connectivity index (χ1v) is 3.76. The van der Waals surface area contributed by atoms with Gasteiger partial charge in [-0.05, 0) is 6.92 Å². The summed E-state index contributed by atoms with van der Waals surface area (Å²) in [6.07, 6.45) is -0.780. The summed E-state index contributed by atoms with van der Waals surface area (Å²) in [5.74, 6) is -0.486. The average molecular weight is 193 g/mol. The normalized spacial score (nSPS) is 27.7. The number of nitrogens with zero attached hydrogens (tertiary/aromatic N) is 1. The molecule has 0 aromatic carbocycles. The van der Waals surface area contributed by atoms with Crippen molar-refractivity contribution in [3.8, 4) is 0 Å². The monoisotopic (exact) mass is 193 g/mol. The van der Waals surface area contributed by atoms with E-state index in [2.05, 4.69) is 4.99 Å². The molecule has 0 radical (unpaired) electrons. The van der Waals surface area contributed by atoms with Crippen LogP contribution in [0.3, 0.4) is 0 Å². The van der Waals surface area contributed by atoms with Gasteiger partial charge in [0.2, 0.25) is 0 Å². The molecule has 0 aromatic rings. The van der Waals surface area contributed by atoms with Crippen molar-refractivity contribution in [2.75, 3.05) is 0 Å². The molecule has 5 heteroatoms. The van der Waals surface area contributed by atoms with Crippen LogP contribution in [0.15, 0.2) is 4.99 Å². The van der Waals surface area contributed by atoms with Crippen LogP contribution in [-0.4, -0.2) is 17.6 Å². The molecular weight excluding hydrogens is 181 g/mol. The fraction of sp³-hybridized carbons (Fsp3) is 0.750. The van der Waals surface area contributed by atoms with E-state index in [4.69, 9.17) is 4.74 Å². The molecule has 0 saturated heterocycles. The van der Waals surface area contributed by atoms with E-state index in [1.54, 1.807) is 6.92 Å². The molecule has 0 fully saturated rings. The number of aliphatic imine (C=N–C) groups is 1. The number of carbonyl (C=O) groups is 1. The molecule has 1 heterocycles. The number of rotatable bonds is 0. The zero-order valence-corrected chi connectivity index (χ0v) is 10.7. The minimum absolute atomic E-state index is 0. The van der Waals surface area contributed by atoms with E-state index in [1.165, 1.54) is 0 Å². The number of carbonyl (C=O) groups excluding carboxylic acids is 1. The van der Waals surface area contributed by atoms with Crippen LogP contribution in [0.1, 0.15) is 27.7 Å². The minimum atomic E-state index is -1.09. The summed E-state index contributed by atoms with van der Waals surface area (Å²) >= 11 is 0. The summed E-state index contributed by atoms with van der Waals surface area (Å²) in [5, 5.41) is 11.2. The maximum absolute atomic E-state index is 11.2. The van der Waals surface area contributed by atoms with Crippen LogP contribution < -0.4 is 34.7 Å². The second-order valence-corrected chi connectivity index (χ2v) is 4.07. The standard InChI is InChI=1S/C8H13NO3.Na/c1-7(2,3)8(4)5(10)9-6(11)12-8;/h1-4H3,(H,9,10,11);/q;+1/p-1. The largest absolute Gasteiger partial charge is 1.00 e. The number of amides is 1. The molecule has 0 bridgehead atoms. The fourth-order valence-corrected chi connectivity index (χ4v) is 0.905. The number of hydrogen-bond donors (Lipinski definition) is 0. The molecule has 1 unspecified atom stereocenters. The summed E-state index contributed by atoms with van der Waals surface area (Å²) < 4.78 is 4.87. The van der Waals surface area contributed by atoms with Crippen molar-refractivity contribution in [2.24, 2.45) is 10.4 Å². The number of ether oxygens (including phenoxy) is 1. The Bertz CT molecular complexity index is 257.